The summed E-state index contributed by atoms with van der Waals surface area (Å²) in [6.07, 6.45) is 3.38. The fourth-order valence-corrected chi connectivity index (χ4v) is 8.37. The summed E-state index contributed by atoms with van der Waals surface area (Å²) >= 11 is 0. The lowest BCUT2D eigenvalue weighted by molar-refractivity contribution is -0.138. The van der Waals surface area contributed by atoms with E-state index in [0.717, 1.165) is 57.6 Å². The highest BCUT2D eigenvalue weighted by Crippen LogP contribution is 2.36. The number of carbonyl (C=O) groups excluding carboxylic acids is 3. The van der Waals surface area contributed by atoms with Crippen LogP contribution in [-0.4, -0.2) is 91.8 Å². The second-order valence-electron chi connectivity index (χ2n) is 15.2. The number of carboxylic acid groups (broad SMARTS) is 1. The van der Waals surface area contributed by atoms with Gasteiger partial charge in [-0.3, -0.25) is 19.3 Å². The number of amides is 4. The van der Waals surface area contributed by atoms with Crippen molar-refractivity contribution in [2.45, 2.75) is 49.9 Å². The first kappa shape index (κ1) is 38.2. The predicted octanol–water partition coefficient (Wildman–Crippen LogP) is 7.13. The summed E-state index contributed by atoms with van der Waals surface area (Å²) in [7, 11) is 3.88. The van der Waals surface area contributed by atoms with E-state index in [4.69, 9.17) is 4.98 Å². The molecule has 58 heavy (non-hydrogen) atoms. The Bertz CT molecular complexity index is 2430. The Hall–Kier alpha value is -6.73. The largest absolute Gasteiger partial charge is 0.465 e. The van der Waals surface area contributed by atoms with Crippen LogP contribution in [0.4, 0.5) is 10.5 Å². The third-order valence-corrected chi connectivity index (χ3v) is 11.2. The number of hydrogen-bond donors (Lipinski definition) is 5. The van der Waals surface area contributed by atoms with E-state index in [1.807, 2.05) is 109 Å². The lowest BCUT2D eigenvalue weighted by Crippen LogP contribution is -2.48. The van der Waals surface area contributed by atoms with Crippen molar-refractivity contribution >= 4 is 40.4 Å². The lowest BCUT2D eigenvalue weighted by Gasteiger charge is -2.31. The van der Waals surface area contributed by atoms with E-state index in [0.29, 0.717) is 37.2 Å². The zero-order valence-electron chi connectivity index (χ0n) is 32.4. The molecule has 0 saturated carbocycles. The lowest BCUT2D eigenvalue weighted by atomic mass is 10.0. The number of anilines is 1. The molecule has 296 valence electrons. The topological polar surface area (TPSA) is 167 Å². The molecule has 0 bridgehead atoms. The van der Waals surface area contributed by atoms with Crippen molar-refractivity contribution in [3.05, 3.63) is 132 Å². The van der Waals surface area contributed by atoms with E-state index in [9.17, 15) is 24.3 Å². The van der Waals surface area contributed by atoms with E-state index >= 15 is 0 Å². The van der Waals surface area contributed by atoms with Crippen LogP contribution in [0, 0.1) is 0 Å². The van der Waals surface area contributed by atoms with Gasteiger partial charge >= 0.3 is 6.09 Å². The number of nitrogens with zero attached hydrogens (tertiary/aromatic N) is 4. The quantitative estimate of drug-likeness (QED) is 0.0933. The van der Waals surface area contributed by atoms with Gasteiger partial charge < -0.3 is 35.5 Å². The summed E-state index contributed by atoms with van der Waals surface area (Å²) in [5.74, 6) is 0.0807. The molecule has 5 N–H and O–H groups in total. The fourth-order valence-electron chi connectivity index (χ4n) is 8.37. The van der Waals surface area contributed by atoms with Gasteiger partial charge in [0.25, 0.3) is 5.91 Å². The molecule has 8 rings (SSSR count). The Balaban J connectivity index is 0.934. The Morgan fingerprint density at radius 1 is 0.759 bits per heavy atom. The van der Waals surface area contributed by atoms with Crippen molar-refractivity contribution in [2.75, 3.05) is 32.5 Å². The number of imidazole rings is 1. The highest BCUT2D eigenvalue weighted by molar-refractivity contribution is 6.00. The highest BCUT2D eigenvalue weighted by Gasteiger charge is 2.39. The van der Waals surface area contributed by atoms with Crippen LogP contribution in [0.2, 0.25) is 0 Å². The molecule has 4 atom stereocenters. The van der Waals surface area contributed by atoms with E-state index in [1.165, 1.54) is 4.90 Å². The van der Waals surface area contributed by atoms with Gasteiger partial charge in [0.15, 0.2) is 0 Å². The van der Waals surface area contributed by atoms with Crippen molar-refractivity contribution in [2.24, 2.45) is 0 Å². The maximum absolute atomic E-state index is 13.9. The third kappa shape index (κ3) is 7.81. The molecule has 4 heterocycles. The second kappa shape index (κ2) is 16.4. The monoisotopic (exact) mass is 778 g/mol. The van der Waals surface area contributed by atoms with Crippen LogP contribution in [-0.2, 0) is 14.4 Å². The van der Waals surface area contributed by atoms with Crippen LogP contribution in [0.3, 0.4) is 0 Å². The molecule has 4 amide bonds. The Morgan fingerprint density at radius 3 is 2.10 bits per heavy atom. The minimum Gasteiger partial charge on any atom is -0.465 e. The number of benzene rings is 4. The van der Waals surface area contributed by atoms with E-state index in [-0.39, 0.29) is 23.9 Å². The van der Waals surface area contributed by atoms with Crippen LogP contribution in [0.25, 0.3) is 33.4 Å². The number of hydrogen-bond acceptors (Lipinski definition) is 6. The molecule has 2 aliphatic heterocycles. The van der Waals surface area contributed by atoms with Gasteiger partial charge in [-0.05, 0) is 86.3 Å². The molecule has 0 unspecified atom stereocenters. The number of aromatic nitrogens is 3. The van der Waals surface area contributed by atoms with Crippen LogP contribution < -0.4 is 10.6 Å². The zero-order valence-corrected chi connectivity index (χ0v) is 32.4. The summed E-state index contributed by atoms with van der Waals surface area (Å²) < 4.78 is 0. The number of likely N-dealkylation sites (tertiary alicyclic amines) is 2. The number of fused-ring (bicyclic) bond motifs is 1. The van der Waals surface area contributed by atoms with Crippen molar-refractivity contribution in [3.63, 3.8) is 0 Å². The standard InChI is InChI=1S/C45H46N8O5/c1-51(2)40(31-13-7-4-8-14-31)44(56)52-23-9-15-37(52)41-46-27-36(49-41)29-19-17-28(18-20-29)35-26-32-25-33(21-22-34(32)48-35)47-42(54)38-16-10-24-53(38)43(55)39(50-45(57)58)30-11-5-3-6-12-30/h3-8,11-14,17-22,25-27,37-40,48,50H,9-10,15-16,23-24H2,1-2H3,(H,46,49)(H,47,54)(H,57,58)/t37-,38-,39+,40+/m0/s1. The van der Waals surface area contributed by atoms with Crippen LogP contribution in [0.15, 0.2) is 115 Å². The minimum absolute atomic E-state index is 0.0748. The molecule has 2 saturated heterocycles. The van der Waals surface area contributed by atoms with Crippen LogP contribution in [0.5, 0.6) is 0 Å². The minimum atomic E-state index is -1.32. The molecule has 6 aromatic rings. The van der Waals surface area contributed by atoms with E-state index in [1.54, 1.807) is 30.3 Å². The molecule has 0 spiro atoms. The average molecular weight is 779 g/mol. The first-order chi connectivity index (χ1) is 28.1. The predicted molar refractivity (Wildman–Crippen MR) is 222 cm³/mol. The molecule has 2 fully saturated rings. The molecule has 2 aromatic heterocycles. The molecule has 2 aliphatic rings. The normalized spacial score (nSPS) is 17.7. The number of carbonyl (C=O) groups is 4. The van der Waals surface area contributed by atoms with E-state index < -0.39 is 24.1 Å². The zero-order chi connectivity index (χ0) is 40.3. The second-order valence-corrected chi connectivity index (χ2v) is 15.2. The van der Waals surface area contributed by atoms with Crippen molar-refractivity contribution in [1.82, 2.24) is 35.0 Å². The van der Waals surface area contributed by atoms with Gasteiger partial charge in [0.05, 0.1) is 17.9 Å². The summed E-state index contributed by atoms with van der Waals surface area (Å²) in [4.78, 5) is 69.8. The third-order valence-electron chi connectivity index (χ3n) is 11.2. The smallest absolute Gasteiger partial charge is 0.405 e. The molecule has 0 radical (unpaired) electrons. The number of nitrogens with one attached hydrogen (secondary N) is 4. The van der Waals surface area contributed by atoms with Gasteiger partial charge in [0, 0.05) is 35.4 Å². The van der Waals surface area contributed by atoms with E-state index in [2.05, 4.69) is 20.6 Å². The molecule has 0 aliphatic carbocycles. The number of aromatic amines is 2. The molecule has 13 heteroatoms. The highest BCUT2D eigenvalue weighted by atomic mass is 16.4. The van der Waals surface area contributed by atoms with Gasteiger partial charge in [-0.15, -0.1) is 0 Å². The van der Waals surface area contributed by atoms with Gasteiger partial charge in [0.1, 0.15) is 23.9 Å². The van der Waals surface area contributed by atoms with Gasteiger partial charge in [-0.25, -0.2) is 9.78 Å². The van der Waals surface area contributed by atoms with Gasteiger partial charge in [-0.2, -0.15) is 0 Å². The molecular formula is C45H46N8O5. The number of likely N-dealkylation sites (N-methyl/N-ethyl adjacent to an activating group) is 1. The molecule has 13 nitrogen and oxygen atoms in total. The summed E-state index contributed by atoms with van der Waals surface area (Å²) in [5, 5.41) is 15.7. The van der Waals surface area contributed by atoms with Crippen LogP contribution >= 0.6 is 0 Å². The maximum Gasteiger partial charge on any atom is 0.405 e. The maximum atomic E-state index is 13.9. The summed E-state index contributed by atoms with van der Waals surface area (Å²) in [6, 6.07) is 32.0. The van der Waals surface area contributed by atoms with Crippen molar-refractivity contribution < 1.29 is 24.3 Å². The average Bonchev–Trinajstić information content (AvgIpc) is 4.07. The van der Waals surface area contributed by atoms with Crippen molar-refractivity contribution in [3.8, 4) is 22.5 Å². The number of H-pyrrole nitrogens is 2. The first-order valence-electron chi connectivity index (χ1n) is 19.6. The van der Waals surface area contributed by atoms with Gasteiger partial charge in [-0.1, -0.05) is 84.9 Å². The number of rotatable bonds is 11. The summed E-state index contributed by atoms with van der Waals surface area (Å²) in [6.45, 7) is 1.04. The van der Waals surface area contributed by atoms with Gasteiger partial charge in [0.2, 0.25) is 11.8 Å². The first-order valence-corrected chi connectivity index (χ1v) is 19.6. The Kier molecular flexibility index (Phi) is 10.8. The summed E-state index contributed by atoms with van der Waals surface area (Å²) in [5.41, 5.74) is 6.72. The van der Waals surface area contributed by atoms with Crippen molar-refractivity contribution in [1.29, 1.82) is 0 Å². The fraction of sp³-hybridized carbons (Fsp3) is 0.267. The SMILES string of the molecule is CN(C)[C@@H](C(=O)N1CCC[C@H]1c1ncc(-c2ccc(-c3cc4cc(NC(=O)[C@@H]5CCCN5C(=O)[C@H](NC(=O)O)c5ccccc5)ccc4[nH]3)cc2)[nH]1)c1ccccc1. The Labute approximate surface area is 336 Å². The Morgan fingerprint density at radius 2 is 1.41 bits per heavy atom. The van der Waals surface area contributed by atoms with Crippen LogP contribution in [0.1, 0.15) is 60.8 Å². The molecular weight excluding hydrogens is 733 g/mol. The molecule has 4 aromatic carbocycles.